The van der Waals surface area contributed by atoms with Gasteiger partial charge in [0.1, 0.15) is 0 Å². The van der Waals surface area contributed by atoms with Crippen LogP contribution in [0, 0.1) is 11.3 Å². The molecule has 0 spiro atoms. The second-order valence-corrected chi connectivity index (χ2v) is 5.25. The molecule has 2 aromatic carbocycles. The smallest absolute Gasteiger partial charge is 0.0991 e. The molecule has 0 bridgehead atoms. The van der Waals surface area contributed by atoms with Gasteiger partial charge in [0.15, 0.2) is 0 Å². The van der Waals surface area contributed by atoms with Crippen molar-refractivity contribution in [3.05, 3.63) is 66.4 Å². The van der Waals surface area contributed by atoms with E-state index < -0.39 is 0 Å². The van der Waals surface area contributed by atoms with E-state index in [0.717, 1.165) is 22.6 Å². The van der Waals surface area contributed by atoms with Crippen LogP contribution in [0.1, 0.15) is 5.56 Å². The molecule has 4 nitrogen and oxygen atoms in total. The number of aromatic nitrogens is 2. The highest BCUT2D eigenvalue weighted by atomic mass is 15.3. The van der Waals surface area contributed by atoms with Gasteiger partial charge in [-0.1, -0.05) is 12.1 Å². The number of nitriles is 1. The van der Waals surface area contributed by atoms with Gasteiger partial charge in [-0.05, 0) is 42.5 Å². The van der Waals surface area contributed by atoms with Gasteiger partial charge in [-0.3, -0.25) is 0 Å². The molecule has 0 aliphatic rings. The normalized spacial score (nSPS) is 10.2. The van der Waals surface area contributed by atoms with E-state index in [0.29, 0.717) is 5.56 Å². The van der Waals surface area contributed by atoms with Gasteiger partial charge >= 0.3 is 0 Å². The topological polar surface area (TPSA) is 44.9 Å². The Morgan fingerprint density at radius 3 is 2.23 bits per heavy atom. The Balaban J connectivity index is 1.88. The highest BCUT2D eigenvalue weighted by Gasteiger charge is 2.04. The van der Waals surface area contributed by atoms with E-state index in [1.165, 1.54) is 0 Å². The minimum absolute atomic E-state index is 0.655. The number of benzene rings is 2. The first-order chi connectivity index (χ1) is 10.7. The van der Waals surface area contributed by atoms with Crippen LogP contribution in [0.3, 0.4) is 0 Å². The molecule has 0 radical (unpaired) electrons. The molecular weight excluding hydrogens is 272 g/mol. The largest absolute Gasteiger partial charge is 0.378 e. The summed E-state index contributed by atoms with van der Waals surface area (Å²) < 4.78 is 1.85. The second-order valence-electron chi connectivity index (χ2n) is 5.25. The summed E-state index contributed by atoms with van der Waals surface area (Å²) in [5, 5.41) is 13.4. The summed E-state index contributed by atoms with van der Waals surface area (Å²) in [5.74, 6) is 0. The fourth-order valence-electron chi connectivity index (χ4n) is 2.24. The van der Waals surface area contributed by atoms with Crippen molar-refractivity contribution in [3.63, 3.8) is 0 Å². The molecule has 3 rings (SSSR count). The number of anilines is 1. The molecule has 0 unspecified atom stereocenters. The quantitative estimate of drug-likeness (QED) is 0.741. The standard InChI is InChI=1S/C18H16N4/c1-21(2)16-7-9-17(10-8-16)22-12-11-18(20-22)15-5-3-14(13-19)4-6-15/h3-12H,1-2H3. The zero-order valence-electron chi connectivity index (χ0n) is 12.6. The maximum Gasteiger partial charge on any atom is 0.0991 e. The zero-order chi connectivity index (χ0) is 15.5. The first-order valence-corrected chi connectivity index (χ1v) is 7.01. The van der Waals surface area contributed by atoms with Gasteiger partial charge in [-0.2, -0.15) is 10.4 Å². The Kier molecular flexibility index (Phi) is 3.63. The Morgan fingerprint density at radius 2 is 1.64 bits per heavy atom. The minimum atomic E-state index is 0.655. The van der Waals surface area contributed by atoms with Crippen LogP contribution in [-0.2, 0) is 0 Å². The summed E-state index contributed by atoms with van der Waals surface area (Å²) >= 11 is 0. The van der Waals surface area contributed by atoms with Gasteiger partial charge in [0, 0.05) is 31.5 Å². The molecule has 108 valence electrons. The monoisotopic (exact) mass is 288 g/mol. The lowest BCUT2D eigenvalue weighted by Crippen LogP contribution is -2.08. The molecule has 3 aromatic rings. The lowest BCUT2D eigenvalue weighted by molar-refractivity contribution is 0.884. The van der Waals surface area contributed by atoms with Crippen LogP contribution in [0.4, 0.5) is 5.69 Å². The van der Waals surface area contributed by atoms with Crippen LogP contribution in [0.5, 0.6) is 0 Å². The maximum atomic E-state index is 8.84. The number of nitrogens with zero attached hydrogens (tertiary/aromatic N) is 4. The predicted molar refractivity (Wildman–Crippen MR) is 88.0 cm³/mol. The van der Waals surface area contributed by atoms with Gasteiger partial charge in [0.2, 0.25) is 0 Å². The number of rotatable bonds is 3. The Bertz CT molecular complexity index is 806. The van der Waals surface area contributed by atoms with Crippen LogP contribution >= 0.6 is 0 Å². The van der Waals surface area contributed by atoms with Gasteiger partial charge in [-0.25, -0.2) is 4.68 Å². The summed E-state index contributed by atoms with van der Waals surface area (Å²) in [7, 11) is 4.04. The van der Waals surface area contributed by atoms with Crippen molar-refractivity contribution >= 4 is 5.69 Å². The van der Waals surface area contributed by atoms with E-state index in [1.54, 1.807) is 12.1 Å². The Labute approximate surface area is 129 Å². The lowest BCUT2D eigenvalue weighted by atomic mass is 10.1. The molecule has 0 fully saturated rings. The van der Waals surface area contributed by atoms with E-state index in [-0.39, 0.29) is 0 Å². The highest BCUT2D eigenvalue weighted by molar-refractivity contribution is 5.60. The fourth-order valence-corrected chi connectivity index (χ4v) is 2.24. The van der Waals surface area contributed by atoms with Crippen molar-refractivity contribution in [2.45, 2.75) is 0 Å². The predicted octanol–water partition coefficient (Wildman–Crippen LogP) is 3.48. The average molecular weight is 288 g/mol. The number of hydrogen-bond acceptors (Lipinski definition) is 3. The van der Waals surface area contributed by atoms with Crippen molar-refractivity contribution < 1.29 is 0 Å². The van der Waals surface area contributed by atoms with Crippen LogP contribution in [0.25, 0.3) is 16.9 Å². The van der Waals surface area contributed by atoms with E-state index >= 15 is 0 Å². The maximum absolute atomic E-state index is 8.84. The second kappa shape index (κ2) is 5.74. The Morgan fingerprint density at radius 1 is 0.955 bits per heavy atom. The van der Waals surface area contributed by atoms with Crippen molar-refractivity contribution in [2.24, 2.45) is 0 Å². The molecule has 1 heterocycles. The zero-order valence-corrected chi connectivity index (χ0v) is 12.6. The van der Waals surface area contributed by atoms with E-state index in [4.69, 9.17) is 5.26 Å². The SMILES string of the molecule is CN(C)c1ccc(-n2ccc(-c3ccc(C#N)cc3)n2)cc1. The molecular formula is C18H16N4. The minimum Gasteiger partial charge on any atom is -0.378 e. The summed E-state index contributed by atoms with van der Waals surface area (Å²) in [6, 6.07) is 19.8. The third-order valence-corrected chi connectivity index (χ3v) is 3.53. The molecule has 0 aliphatic heterocycles. The molecule has 22 heavy (non-hydrogen) atoms. The van der Waals surface area contributed by atoms with E-state index in [9.17, 15) is 0 Å². The summed E-state index contributed by atoms with van der Waals surface area (Å²) in [5.41, 5.74) is 4.72. The molecule has 0 atom stereocenters. The molecule has 0 aliphatic carbocycles. The fraction of sp³-hybridized carbons (Fsp3) is 0.111. The van der Waals surface area contributed by atoms with Crippen molar-refractivity contribution in [2.75, 3.05) is 19.0 Å². The molecule has 0 amide bonds. The summed E-state index contributed by atoms with van der Waals surface area (Å²) in [6.07, 6.45) is 1.94. The van der Waals surface area contributed by atoms with Gasteiger partial charge in [-0.15, -0.1) is 0 Å². The third-order valence-electron chi connectivity index (χ3n) is 3.53. The molecule has 0 N–H and O–H groups in total. The van der Waals surface area contributed by atoms with Crippen molar-refractivity contribution in [3.8, 4) is 23.0 Å². The average Bonchev–Trinajstić information content (AvgIpc) is 3.05. The first kappa shape index (κ1) is 13.9. The first-order valence-electron chi connectivity index (χ1n) is 7.01. The van der Waals surface area contributed by atoms with Gasteiger partial charge in [0.25, 0.3) is 0 Å². The van der Waals surface area contributed by atoms with Gasteiger partial charge in [0.05, 0.1) is 23.0 Å². The van der Waals surface area contributed by atoms with E-state index in [1.807, 2.05) is 55.3 Å². The highest BCUT2D eigenvalue weighted by Crippen LogP contribution is 2.20. The molecule has 0 saturated heterocycles. The molecule has 4 heteroatoms. The van der Waals surface area contributed by atoms with Gasteiger partial charge < -0.3 is 4.90 Å². The van der Waals surface area contributed by atoms with Crippen LogP contribution in [0.15, 0.2) is 60.8 Å². The van der Waals surface area contributed by atoms with E-state index in [2.05, 4.69) is 28.2 Å². The molecule has 0 saturated carbocycles. The third kappa shape index (κ3) is 2.70. The summed E-state index contributed by atoms with van der Waals surface area (Å²) in [6.45, 7) is 0. The van der Waals surface area contributed by atoms with Crippen molar-refractivity contribution in [1.29, 1.82) is 5.26 Å². The van der Waals surface area contributed by atoms with Crippen LogP contribution in [0.2, 0.25) is 0 Å². The molecule has 1 aromatic heterocycles. The van der Waals surface area contributed by atoms with Crippen LogP contribution < -0.4 is 4.90 Å². The lowest BCUT2D eigenvalue weighted by Gasteiger charge is -2.12. The van der Waals surface area contributed by atoms with Crippen molar-refractivity contribution in [1.82, 2.24) is 9.78 Å². The summed E-state index contributed by atoms with van der Waals surface area (Å²) in [4.78, 5) is 2.06. The van der Waals surface area contributed by atoms with Crippen LogP contribution in [-0.4, -0.2) is 23.9 Å². The Hall–Kier alpha value is -3.06. The number of hydrogen-bond donors (Lipinski definition) is 0.